The molecular weight excluding hydrogens is 170 g/mol. The number of nitrogens with two attached hydrogens (primary N) is 1. The van der Waals surface area contributed by atoms with Crippen molar-refractivity contribution >= 4 is 5.97 Å². The quantitative estimate of drug-likeness (QED) is 0.707. The molecule has 1 rings (SSSR count). The lowest BCUT2D eigenvalue weighted by atomic mass is 10.1. The van der Waals surface area contributed by atoms with Gasteiger partial charge in [-0.05, 0) is 13.0 Å². The fourth-order valence-corrected chi connectivity index (χ4v) is 1.21. The summed E-state index contributed by atoms with van der Waals surface area (Å²) in [6, 6.07) is 1.27. The third-order valence-corrected chi connectivity index (χ3v) is 1.82. The second-order valence-electron chi connectivity index (χ2n) is 2.78. The van der Waals surface area contributed by atoms with Crippen LogP contribution in [0.5, 0.6) is 0 Å². The number of carbonyl (C=O) groups is 1. The predicted molar refractivity (Wildman–Crippen MR) is 47.1 cm³/mol. The van der Waals surface area contributed by atoms with Crippen LogP contribution in [0.3, 0.4) is 0 Å². The van der Waals surface area contributed by atoms with Crippen LogP contribution in [0.1, 0.15) is 25.1 Å². The minimum atomic E-state index is -0.892. The first-order valence-electron chi connectivity index (χ1n) is 4.14. The van der Waals surface area contributed by atoms with Crippen LogP contribution in [0.4, 0.5) is 0 Å². The van der Waals surface area contributed by atoms with E-state index < -0.39 is 12.0 Å². The molecule has 0 aliphatic carbocycles. The van der Waals surface area contributed by atoms with Gasteiger partial charge in [0.05, 0.1) is 18.2 Å². The van der Waals surface area contributed by atoms with Crippen molar-refractivity contribution in [2.45, 2.75) is 25.9 Å². The molecule has 5 heteroatoms. The monoisotopic (exact) mass is 183 g/mol. The van der Waals surface area contributed by atoms with E-state index in [1.807, 2.05) is 6.92 Å². The molecule has 5 nitrogen and oxygen atoms in total. The summed E-state index contributed by atoms with van der Waals surface area (Å²) in [5.41, 5.74) is 6.44. The Labute approximate surface area is 76.2 Å². The van der Waals surface area contributed by atoms with Crippen molar-refractivity contribution in [1.29, 1.82) is 0 Å². The van der Waals surface area contributed by atoms with Crippen molar-refractivity contribution < 1.29 is 9.90 Å². The van der Waals surface area contributed by atoms with E-state index in [9.17, 15) is 4.79 Å². The molecule has 0 aliphatic heterocycles. The largest absolute Gasteiger partial charge is 0.481 e. The average Bonchev–Trinajstić information content (AvgIpc) is 2.49. The number of aliphatic carboxylic acids is 1. The molecule has 0 saturated heterocycles. The molecule has 1 atom stereocenters. The fourth-order valence-electron chi connectivity index (χ4n) is 1.21. The Balaban J connectivity index is 2.75. The molecule has 0 unspecified atom stereocenters. The van der Waals surface area contributed by atoms with Crippen LogP contribution in [0, 0.1) is 0 Å². The number of carboxylic acid groups (broad SMARTS) is 1. The van der Waals surface area contributed by atoms with Crippen molar-refractivity contribution in [1.82, 2.24) is 9.78 Å². The van der Waals surface area contributed by atoms with Gasteiger partial charge in [-0.1, -0.05) is 0 Å². The molecule has 3 N–H and O–H groups in total. The van der Waals surface area contributed by atoms with Crippen LogP contribution in [0.15, 0.2) is 12.3 Å². The zero-order chi connectivity index (χ0) is 9.84. The van der Waals surface area contributed by atoms with Crippen molar-refractivity contribution in [3.63, 3.8) is 0 Å². The molecule has 0 saturated carbocycles. The third kappa shape index (κ3) is 2.29. The van der Waals surface area contributed by atoms with Gasteiger partial charge in [0.2, 0.25) is 0 Å². The summed E-state index contributed by atoms with van der Waals surface area (Å²) in [5.74, 6) is -0.892. The predicted octanol–water partition coefficient (Wildman–Crippen LogP) is 0.378. The Kier molecular flexibility index (Phi) is 3.02. The zero-order valence-corrected chi connectivity index (χ0v) is 7.47. The van der Waals surface area contributed by atoms with E-state index in [0.29, 0.717) is 6.54 Å². The van der Waals surface area contributed by atoms with Gasteiger partial charge in [0.25, 0.3) is 0 Å². The first-order valence-corrected chi connectivity index (χ1v) is 4.14. The Morgan fingerprint density at radius 2 is 2.54 bits per heavy atom. The van der Waals surface area contributed by atoms with Crippen molar-refractivity contribution in [3.8, 4) is 0 Å². The molecule has 72 valence electrons. The number of aromatic nitrogens is 2. The van der Waals surface area contributed by atoms with Crippen LogP contribution in [0.25, 0.3) is 0 Å². The van der Waals surface area contributed by atoms with Crippen molar-refractivity contribution in [2.75, 3.05) is 0 Å². The Bertz CT molecular complexity index is 295. The van der Waals surface area contributed by atoms with E-state index >= 15 is 0 Å². The second-order valence-corrected chi connectivity index (χ2v) is 2.78. The minimum Gasteiger partial charge on any atom is -0.481 e. The summed E-state index contributed by atoms with van der Waals surface area (Å²) < 4.78 is 1.70. The first kappa shape index (κ1) is 9.73. The lowest BCUT2D eigenvalue weighted by Crippen LogP contribution is -2.19. The SMILES string of the molecule is CCn1nccc1[C@@H](N)CC(=O)O. The van der Waals surface area contributed by atoms with Crippen LogP contribution >= 0.6 is 0 Å². The maximum Gasteiger partial charge on any atom is 0.305 e. The lowest BCUT2D eigenvalue weighted by molar-refractivity contribution is -0.137. The molecule has 0 fully saturated rings. The molecule has 1 heterocycles. The molecule has 0 amide bonds. The maximum absolute atomic E-state index is 10.4. The molecular formula is C8H13N3O2. The molecule has 1 aromatic rings. The molecule has 0 radical (unpaired) electrons. The number of hydrogen-bond acceptors (Lipinski definition) is 3. The third-order valence-electron chi connectivity index (χ3n) is 1.82. The number of hydrogen-bond donors (Lipinski definition) is 2. The summed E-state index contributed by atoms with van der Waals surface area (Å²) >= 11 is 0. The van der Waals surface area contributed by atoms with Gasteiger partial charge in [-0.25, -0.2) is 0 Å². The highest BCUT2D eigenvalue weighted by Crippen LogP contribution is 2.12. The fraction of sp³-hybridized carbons (Fsp3) is 0.500. The Morgan fingerprint density at radius 3 is 3.08 bits per heavy atom. The van der Waals surface area contributed by atoms with E-state index in [0.717, 1.165) is 5.69 Å². The van der Waals surface area contributed by atoms with Gasteiger partial charge in [0.1, 0.15) is 0 Å². The summed E-state index contributed by atoms with van der Waals surface area (Å²) in [6.07, 6.45) is 1.56. The normalized spacial score (nSPS) is 12.8. The lowest BCUT2D eigenvalue weighted by Gasteiger charge is -2.10. The summed E-state index contributed by atoms with van der Waals surface area (Å²) in [6.45, 7) is 2.64. The highest BCUT2D eigenvalue weighted by Gasteiger charge is 2.13. The van der Waals surface area contributed by atoms with E-state index in [1.54, 1.807) is 16.9 Å². The van der Waals surface area contributed by atoms with Crippen molar-refractivity contribution in [3.05, 3.63) is 18.0 Å². The maximum atomic E-state index is 10.4. The Morgan fingerprint density at radius 1 is 1.85 bits per heavy atom. The van der Waals surface area contributed by atoms with Gasteiger partial charge < -0.3 is 10.8 Å². The Hall–Kier alpha value is -1.36. The van der Waals surface area contributed by atoms with Crippen LogP contribution in [0.2, 0.25) is 0 Å². The molecule has 0 spiro atoms. The number of nitrogens with zero attached hydrogens (tertiary/aromatic N) is 2. The first-order chi connectivity index (χ1) is 6.15. The molecule has 1 aromatic heterocycles. The van der Waals surface area contributed by atoms with Gasteiger partial charge in [0.15, 0.2) is 0 Å². The molecule has 0 bridgehead atoms. The second kappa shape index (κ2) is 4.04. The van der Waals surface area contributed by atoms with E-state index in [-0.39, 0.29) is 6.42 Å². The summed E-state index contributed by atoms with van der Waals surface area (Å²) in [4.78, 5) is 10.4. The van der Waals surface area contributed by atoms with Gasteiger partial charge in [0, 0.05) is 12.7 Å². The zero-order valence-electron chi connectivity index (χ0n) is 7.47. The summed E-state index contributed by atoms with van der Waals surface area (Å²) in [5, 5.41) is 12.5. The molecule has 13 heavy (non-hydrogen) atoms. The van der Waals surface area contributed by atoms with Crippen LogP contribution < -0.4 is 5.73 Å². The standard InChI is InChI=1S/C8H13N3O2/c1-2-11-7(3-4-10-11)6(9)5-8(12)13/h3-4,6H,2,5,9H2,1H3,(H,12,13)/t6-/m0/s1. The highest BCUT2D eigenvalue weighted by molar-refractivity contribution is 5.67. The summed E-state index contributed by atoms with van der Waals surface area (Å²) in [7, 11) is 0. The van der Waals surface area contributed by atoms with E-state index in [4.69, 9.17) is 10.8 Å². The molecule has 0 aliphatic rings. The number of rotatable bonds is 4. The van der Waals surface area contributed by atoms with Crippen LogP contribution in [-0.4, -0.2) is 20.9 Å². The van der Waals surface area contributed by atoms with Gasteiger partial charge in [-0.2, -0.15) is 5.10 Å². The average molecular weight is 183 g/mol. The molecule has 0 aromatic carbocycles. The number of carboxylic acids is 1. The van der Waals surface area contributed by atoms with Gasteiger partial charge in [-0.3, -0.25) is 9.48 Å². The minimum absolute atomic E-state index is 0.0638. The van der Waals surface area contributed by atoms with Gasteiger partial charge in [-0.15, -0.1) is 0 Å². The van der Waals surface area contributed by atoms with E-state index in [1.165, 1.54) is 0 Å². The van der Waals surface area contributed by atoms with Crippen LogP contribution in [-0.2, 0) is 11.3 Å². The topological polar surface area (TPSA) is 81.1 Å². The van der Waals surface area contributed by atoms with E-state index in [2.05, 4.69) is 5.10 Å². The number of aryl methyl sites for hydroxylation is 1. The highest BCUT2D eigenvalue weighted by atomic mass is 16.4. The smallest absolute Gasteiger partial charge is 0.305 e. The van der Waals surface area contributed by atoms with Gasteiger partial charge >= 0.3 is 5.97 Å². The van der Waals surface area contributed by atoms with Crippen molar-refractivity contribution in [2.24, 2.45) is 5.73 Å².